The number of hydrogen-bond acceptors (Lipinski definition) is 2. The number of amides is 1. The molecule has 1 amide bonds. The summed E-state index contributed by atoms with van der Waals surface area (Å²) >= 11 is 0. The number of carbonyl (C=O) groups excluding carboxylic acids is 1. The van der Waals surface area contributed by atoms with Crippen LogP contribution in [0.15, 0.2) is 30.3 Å². The van der Waals surface area contributed by atoms with Gasteiger partial charge in [-0.05, 0) is 31.2 Å². The first-order valence-electron chi connectivity index (χ1n) is 7.33. The molecule has 104 valence electrons. The van der Waals surface area contributed by atoms with Gasteiger partial charge in [-0.15, -0.1) is 0 Å². The first kappa shape index (κ1) is 14.1. The molecule has 1 atom stereocenters. The van der Waals surface area contributed by atoms with Crippen LogP contribution in [0.1, 0.15) is 44.1 Å². The second-order valence-corrected chi connectivity index (χ2v) is 5.28. The Morgan fingerprint density at radius 3 is 2.53 bits per heavy atom. The predicted molar refractivity (Wildman–Crippen MR) is 77.9 cm³/mol. The predicted octanol–water partition coefficient (Wildman–Crippen LogP) is 2.52. The highest BCUT2D eigenvalue weighted by Crippen LogP contribution is 2.29. The van der Waals surface area contributed by atoms with E-state index in [1.54, 1.807) is 0 Å². The van der Waals surface area contributed by atoms with Crippen LogP contribution in [0.25, 0.3) is 0 Å². The average molecular weight is 260 g/mol. The molecule has 19 heavy (non-hydrogen) atoms. The van der Waals surface area contributed by atoms with E-state index in [0.29, 0.717) is 19.1 Å². The maximum atomic E-state index is 12.8. The highest BCUT2D eigenvalue weighted by molar-refractivity contribution is 5.84. The lowest BCUT2D eigenvalue weighted by Gasteiger charge is -2.39. The summed E-state index contributed by atoms with van der Waals surface area (Å²) in [4.78, 5) is 14.8. The zero-order valence-electron chi connectivity index (χ0n) is 11.7. The van der Waals surface area contributed by atoms with Crippen molar-refractivity contribution in [3.63, 3.8) is 0 Å². The van der Waals surface area contributed by atoms with E-state index < -0.39 is 0 Å². The first-order chi connectivity index (χ1) is 9.27. The zero-order valence-corrected chi connectivity index (χ0v) is 11.7. The average Bonchev–Trinajstić information content (AvgIpc) is 2.38. The Hall–Kier alpha value is -1.35. The molecule has 1 aromatic carbocycles. The Kier molecular flexibility index (Phi) is 4.97. The van der Waals surface area contributed by atoms with Gasteiger partial charge < -0.3 is 10.6 Å². The minimum atomic E-state index is -0.0200. The molecule has 0 heterocycles. The standard InChI is InChI=1S/C16H24N2O/c1-2-15(13-7-4-3-5-8-13)16(19)18(12-11-17)14-9-6-10-14/h3-5,7-8,14-15H,2,6,9-12,17H2,1H3. The van der Waals surface area contributed by atoms with Crippen molar-refractivity contribution < 1.29 is 4.79 Å². The van der Waals surface area contributed by atoms with Gasteiger partial charge in [-0.1, -0.05) is 37.3 Å². The van der Waals surface area contributed by atoms with Crippen LogP contribution < -0.4 is 5.73 Å². The normalized spacial score (nSPS) is 16.7. The maximum Gasteiger partial charge on any atom is 0.230 e. The number of carbonyl (C=O) groups is 1. The molecule has 3 heteroatoms. The van der Waals surface area contributed by atoms with Crippen molar-refractivity contribution in [3.8, 4) is 0 Å². The van der Waals surface area contributed by atoms with E-state index in [4.69, 9.17) is 5.73 Å². The summed E-state index contributed by atoms with van der Waals surface area (Å²) < 4.78 is 0. The molecular formula is C16H24N2O. The van der Waals surface area contributed by atoms with Crippen LogP contribution in [-0.2, 0) is 4.79 Å². The molecule has 1 aromatic rings. The topological polar surface area (TPSA) is 46.3 Å². The molecule has 2 N–H and O–H groups in total. The van der Waals surface area contributed by atoms with Gasteiger partial charge in [0, 0.05) is 19.1 Å². The van der Waals surface area contributed by atoms with E-state index in [9.17, 15) is 4.79 Å². The van der Waals surface area contributed by atoms with E-state index >= 15 is 0 Å². The van der Waals surface area contributed by atoms with Gasteiger partial charge >= 0.3 is 0 Å². The molecular weight excluding hydrogens is 236 g/mol. The molecule has 0 aliphatic heterocycles. The number of hydrogen-bond donors (Lipinski definition) is 1. The van der Waals surface area contributed by atoms with Crippen molar-refractivity contribution in [2.45, 2.75) is 44.6 Å². The molecule has 0 bridgehead atoms. The maximum absolute atomic E-state index is 12.8. The van der Waals surface area contributed by atoms with E-state index in [2.05, 4.69) is 6.92 Å². The molecule has 0 saturated heterocycles. The second-order valence-electron chi connectivity index (χ2n) is 5.28. The molecule has 1 fully saturated rings. The minimum absolute atomic E-state index is 0.0200. The van der Waals surface area contributed by atoms with E-state index in [-0.39, 0.29) is 11.8 Å². The molecule has 3 nitrogen and oxygen atoms in total. The van der Waals surface area contributed by atoms with E-state index in [1.165, 1.54) is 6.42 Å². The highest BCUT2D eigenvalue weighted by atomic mass is 16.2. The van der Waals surface area contributed by atoms with Gasteiger partial charge in [0.05, 0.1) is 5.92 Å². The third-order valence-corrected chi connectivity index (χ3v) is 4.08. The molecule has 1 unspecified atom stereocenters. The SMILES string of the molecule is CCC(C(=O)N(CCN)C1CCC1)c1ccccc1. The molecule has 2 rings (SSSR count). The largest absolute Gasteiger partial charge is 0.338 e. The molecule has 1 aliphatic rings. The Morgan fingerprint density at radius 1 is 1.37 bits per heavy atom. The van der Waals surface area contributed by atoms with Crippen molar-refractivity contribution in [2.75, 3.05) is 13.1 Å². The van der Waals surface area contributed by atoms with Crippen LogP contribution in [0.2, 0.25) is 0 Å². The summed E-state index contributed by atoms with van der Waals surface area (Å²) in [5.74, 6) is 0.234. The number of rotatable bonds is 6. The Balaban J connectivity index is 2.14. The number of nitrogens with zero attached hydrogens (tertiary/aromatic N) is 1. The second kappa shape index (κ2) is 6.71. The first-order valence-corrected chi connectivity index (χ1v) is 7.33. The summed E-state index contributed by atoms with van der Waals surface area (Å²) in [6, 6.07) is 10.5. The van der Waals surface area contributed by atoms with Crippen molar-refractivity contribution in [1.29, 1.82) is 0 Å². The van der Waals surface area contributed by atoms with Crippen LogP contribution in [0.4, 0.5) is 0 Å². The summed E-state index contributed by atoms with van der Waals surface area (Å²) in [6.07, 6.45) is 4.35. The van der Waals surface area contributed by atoms with E-state index in [1.807, 2.05) is 35.2 Å². The van der Waals surface area contributed by atoms with Gasteiger partial charge in [0.1, 0.15) is 0 Å². The summed E-state index contributed by atoms with van der Waals surface area (Å²) in [6.45, 7) is 3.32. The van der Waals surface area contributed by atoms with Crippen molar-refractivity contribution in [2.24, 2.45) is 5.73 Å². The van der Waals surface area contributed by atoms with Gasteiger partial charge in [0.25, 0.3) is 0 Å². The van der Waals surface area contributed by atoms with Crippen molar-refractivity contribution in [1.82, 2.24) is 4.90 Å². The Bertz CT molecular complexity index is 400. The van der Waals surface area contributed by atoms with Gasteiger partial charge in [-0.25, -0.2) is 0 Å². The zero-order chi connectivity index (χ0) is 13.7. The fraction of sp³-hybridized carbons (Fsp3) is 0.562. The van der Waals surface area contributed by atoms with Crippen LogP contribution >= 0.6 is 0 Å². The minimum Gasteiger partial charge on any atom is -0.338 e. The lowest BCUT2D eigenvalue weighted by Crippen LogP contribution is -2.48. The summed E-state index contributed by atoms with van der Waals surface area (Å²) in [7, 11) is 0. The number of nitrogens with two attached hydrogens (primary N) is 1. The van der Waals surface area contributed by atoms with Gasteiger partial charge in [-0.3, -0.25) is 4.79 Å². The quantitative estimate of drug-likeness (QED) is 0.854. The lowest BCUT2D eigenvalue weighted by atomic mass is 9.88. The summed E-state index contributed by atoms with van der Waals surface area (Å²) in [5, 5.41) is 0. The smallest absolute Gasteiger partial charge is 0.230 e. The molecule has 0 spiro atoms. The Morgan fingerprint density at radius 2 is 2.05 bits per heavy atom. The lowest BCUT2D eigenvalue weighted by molar-refractivity contribution is -0.136. The molecule has 0 aromatic heterocycles. The fourth-order valence-corrected chi connectivity index (χ4v) is 2.75. The third-order valence-electron chi connectivity index (χ3n) is 4.08. The van der Waals surface area contributed by atoms with Crippen LogP contribution in [-0.4, -0.2) is 29.9 Å². The van der Waals surface area contributed by atoms with Gasteiger partial charge in [-0.2, -0.15) is 0 Å². The third kappa shape index (κ3) is 3.16. The van der Waals surface area contributed by atoms with Gasteiger partial charge in [0.15, 0.2) is 0 Å². The molecule has 0 radical (unpaired) electrons. The monoisotopic (exact) mass is 260 g/mol. The fourth-order valence-electron chi connectivity index (χ4n) is 2.75. The molecule has 1 aliphatic carbocycles. The summed E-state index contributed by atoms with van der Waals surface area (Å²) in [5.41, 5.74) is 6.79. The van der Waals surface area contributed by atoms with E-state index in [0.717, 1.165) is 24.8 Å². The van der Waals surface area contributed by atoms with Gasteiger partial charge in [0.2, 0.25) is 5.91 Å². The van der Waals surface area contributed by atoms with Crippen LogP contribution in [0.5, 0.6) is 0 Å². The van der Waals surface area contributed by atoms with Crippen molar-refractivity contribution in [3.05, 3.63) is 35.9 Å². The molecule has 1 saturated carbocycles. The van der Waals surface area contributed by atoms with Crippen LogP contribution in [0, 0.1) is 0 Å². The Labute approximate surface area is 115 Å². The highest BCUT2D eigenvalue weighted by Gasteiger charge is 2.32. The number of benzene rings is 1. The van der Waals surface area contributed by atoms with Crippen LogP contribution in [0.3, 0.4) is 0 Å². The van der Waals surface area contributed by atoms with Crippen molar-refractivity contribution >= 4 is 5.91 Å².